The maximum Gasteiger partial charge on any atom is 0.228 e. The lowest BCUT2D eigenvalue weighted by molar-refractivity contribution is -0.136. The first-order valence-corrected chi connectivity index (χ1v) is 7.68. The van der Waals surface area contributed by atoms with Crippen molar-refractivity contribution in [3.63, 3.8) is 0 Å². The molecule has 1 aliphatic heterocycles. The summed E-state index contributed by atoms with van der Waals surface area (Å²) in [6, 6.07) is 3.89. The van der Waals surface area contributed by atoms with Gasteiger partial charge in [-0.3, -0.25) is 4.79 Å². The lowest BCUT2D eigenvalue weighted by Crippen LogP contribution is -2.50. The lowest BCUT2D eigenvalue weighted by Gasteiger charge is -2.35. The van der Waals surface area contributed by atoms with Gasteiger partial charge in [0.1, 0.15) is 5.82 Å². The summed E-state index contributed by atoms with van der Waals surface area (Å²) in [4.78, 5) is 19.0. The van der Waals surface area contributed by atoms with Crippen LogP contribution in [0.25, 0.3) is 0 Å². The number of hydrogen-bond acceptors (Lipinski definition) is 5. The molecule has 0 bridgehead atoms. The Morgan fingerprint density at radius 1 is 1.45 bits per heavy atom. The van der Waals surface area contributed by atoms with E-state index in [-0.39, 0.29) is 5.91 Å². The Morgan fingerprint density at radius 3 is 2.82 bits per heavy atom. The number of rotatable bonds is 6. The maximum absolute atomic E-state index is 12.7. The monoisotopic (exact) mass is 306 g/mol. The molecule has 2 rings (SSSR count). The summed E-state index contributed by atoms with van der Waals surface area (Å²) in [5.74, 6) is 0.957. The van der Waals surface area contributed by atoms with Crippen LogP contribution in [-0.2, 0) is 16.1 Å². The number of ether oxygens (including phenoxy) is 1. The summed E-state index contributed by atoms with van der Waals surface area (Å²) in [6.07, 6.45) is 3.38. The fourth-order valence-corrected chi connectivity index (χ4v) is 2.95. The predicted molar refractivity (Wildman–Crippen MR) is 86.8 cm³/mol. The van der Waals surface area contributed by atoms with Gasteiger partial charge in [-0.25, -0.2) is 4.98 Å². The Bertz CT molecular complexity index is 493. The van der Waals surface area contributed by atoms with Gasteiger partial charge in [0.05, 0.1) is 12.0 Å². The third-order valence-electron chi connectivity index (χ3n) is 4.19. The van der Waals surface area contributed by atoms with E-state index in [0.717, 1.165) is 37.3 Å². The minimum absolute atomic E-state index is 0.0735. The molecule has 22 heavy (non-hydrogen) atoms. The van der Waals surface area contributed by atoms with Gasteiger partial charge in [-0.15, -0.1) is 0 Å². The number of nitrogens with zero attached hydrogens (tertiary/aromatic N) is 2. The molecular formula is C16H26N4O2. The van der Waals surface area contributed by atoms with Crippen LogP contribution >= 0.6 is 0 Å². The van der Waals surface area contributed by atoms with Gasteiger partial charge < -0.3 is 20.3 Å². The van der Waals surface area contributed by atoms with Gasteiger partial charge in [0.25, 0.3) is 0 Å². The van der Waals surface area contributed by atoms with Crippen molar-refractivity contribution in [2.24, 2.45) is 5.41 Å². The van der Waals surface area contributed by atoms with Crippen LogP contribution < -0.4 is 15.5 Å². The molecular weight excluding hydrogens is 280 g/mol. The number of hydrogen-bond donors (Lipinski definition) is 2. The van der Waals surface area contributed by atoms with Crippen molar-refractivity contribution in [1.82, 2.24) is 15.6 Å². The zero-order chi connectivity index (χ0) is 16.0. The van der Waals surface area contributed by atoms with Crippen molar-refractivity contribution >= 4 is 11.7 Å². The Kier molecular flexibility index (Phi) is 5.74. The Hall–Kier alpha value is -1.66. The van der Waals surface area contributed by atoms with Crippen LogP contribution in [0.15, 0.2) is 18.3 Å². The van der Waals surface area contributed by atoms with Gasteiger partial charge in [-0.05, 0) is 32.0 Å². The molecule has 6 nitrogen and oxygen atoms in total. The van der Waals surface area contributed by atoms with E-state index in [1.807, 2.05) is 31.1 Å². The third-order valence-corrected chi connectivity index (χ3v) is 4.19. The zero-order valence-corrected chi connectivity index (χ0v) is 13.7. The van der Waals surface area contributed by atoms with Gasteiger partial charge >= 0.3 is 0 Å². The molecule has 0 spiro atoms. The number of aromatic nitrogens is 1. The van der Waals surface area contributed by atoms with E-state index >= 15 is 0 Å². The zero-order valence-electron chi connectivity index (χ0n) is 13.7. The van der Waals surface area contributed by atoms with Crippen LogP contribution in [0.3, 0.4) is 0 Å². The molecule has 0 aliphatic carbocycles. The quantitative estimate of drug-likeness (QED) is 0.813. The maximum atomic E-state index is 12.7. The van der Waals surface area contributed by atoms with Crippen molar-refractivity contribution in [2.75, 3.05) is 45.8 Å². The second kappa shape index (κ2) is 7.56. The highest BCUT2D eigenvalue weighted by atomic mass is 16.5. The number of carbonyl (C=O) groups excluding carboxylic acids is 1. The molecule has 0 saturated carbocycles. The fourth-order valence-electron chi connectivity index (χ4n) is 2.95. The Labute approximate surface area is 132 Å². The number of amides is 1. The Morgan fingerprint density at radius 2 is 2.18 bits per heavy atom. The number of methoxy groups -OCH3 is 1. The minimum Gasteiger partial charge on any atom is -0.384 e. The summed E-state index contributed by atoms with van der Waals surface area (Å²) >= 11 is 0. The number of nitrogens with one attached hydrogen (secondary N) is 2. The topological polar surface area (TPSA) is 66.5 Å². The molecule has 2 heterocycles. The van der Waals surface area contributed by atoms with E-state index in [4.69, 9.17) is 4.74 Å². The summed E-state index contributed by atoms with van der Waals surface area (Å²) < 4.78 is 5.31. The molecule has 1 amide bonds. The number of carbonyl (C=O) groups is 1. The van der Waals surface area contributed by atoms with Crippen LogP contribution in [0.4, 0.5) is 5.82 Å². The van der Waals surface area contributed by atoms with Crippen molar-refractivity contribution < 1.29 is 9.53 Å². The largest absolute Gasteiger partial charge is 0.384 e. The molecule has 0 atom stereocenters. The lowest BCUT2D eigenvalue weighted by atomic mass is 9.78. The van der Waals surface area contributed by atoms with E-state index in [1.165, 1.54) is 0 Å². The molecule has 6 heteroatoms. The van der Waals surface area contributed by atoms with Gasteiger partial charge in [0.15, 0.2) is 0 Å². The van der Waals surface area contributed by atoms with Gasteiger partial charge in [-0.2, -0.15) is 0 Å². The van der Waals surface area contributed by atoms with E-state index in [1.54, 1.807) is 13.3 Å². The van der Waals surface area contributed by atoms with Crippen LogP contribution in [0.1, 0.15) is 18.4 Å². The molecule has 1 fully saturated rings. The normalized spacial score (nSPS) is 17.0. The predicted octanol–water partition coefficient (Wildman–Crippen LogP) is 0.780. The third kappa shape index (κ3) is 3.75. The molecule has 0 aromatic carbocycles. The summed E-state index contributed by atoms with van der Waals surface area (Å²) in [7, 11) is 5.56. The average Bonchev–Trinajstić information content (AvgIpc) is 2.54. The number of piperidine rings is 1. The number of pyridine rings is 1. The first-order chi connectivity index (χ1) is 10.6. The van der Waals surface area contributed by atoms with Crippen LogP contribution in [0.2, 0.25) is 0 Å². The highest BCUT2D eigenvalue weighted by molar-refractivity contribution is 5.83. The summed E-state index contributed by atoms with van der Waals surface area (Å²) in [6.45, 7) is 2.66. The van der Waals surface area contributed by atoms with E-state index in [2.05, 4.69) is 15.6 Å². The van der Waals surface area contributed by atoms with Crippen molar-refractivity contribution in [2.45, 2.75) is 19.4 Å². The standard InChI is InChI=1S/C16H26N4O2/c1-20(2)14-13(5-4-8-18-14)11-19-15(21)16(12-22-3)6-9-17-10-7-16/h4-5,8,17H,6-7,9-12H2,1-3H3,(H,19,21). The minimum atomic E-state index is -0.416. The highest BCUT2D eigenvalue weighted by Gasteiger charge is 2.39. The first-order valence-electron chi connectivity index (χ1n) is 7.68. The van der Waals surface area contributed by atoms with Gasteiger partial charge in [0, 0.05) is 39.5 Å². The molecule has 1 aromatic heterocycles. The molecule has 1 saturated heterocycles. The second-order valence-electron chi connectivity index (χ2n) is 6.03. The van der Waals surface area contributed by atoms with Crippen molar-refractivity contribution in [3.8, 4) is 0 Å². The van der Waals surface area contributed by atoms with Crippen LogP contribution in [-0.4, -0.2) is 51.8 Å². The highest BCUT2D eigenvalue weighted by Crippen LogP contribution is 2.29. The van der Waals surface area contributed by atoms with Crippen molar-refractivity contribution in [3.05, 3.63) is 23.9 Å². The summed E-state index contributed by atoms with van der Waals surface area (Å²) in [5, 5.41) is 6.37. The van der Waals surface area contributed by atoms with E-state index < -0.39 is 5.41 Å². The van der Waals surface area contributed by atoms with E-state index in [0.29, 0.717) is 13.2 Å². The van der Waals surface area contributed by atoms with Crippen LogP contribution in [0.5, 0.6) is 0 Å². The second-order valence-corrected chi connectivity index (χ2v) is 6.03. The molecule has 1 aromatic rings. The van der Waals surface area contributed by atoms with Gasteiger partial charge in [0.2, 0.25) is 5.91 Å². The van der Waals surface area contributed by atoms with Crippen LogP contribution in [0, 0.1) is 5.41 Å². The van der Waals surface area contributed by atoms with E-state index in [9.17, 15) is 4.79 Å². The summed E-state index contributed by atoms with van der Waals surface area (Å²) in [5.41, 5.74) is 0.600. The Balaban J connectivity index is 2.05. The molecule has 1 aliphatic rings. The van der Waals surface area contributed by atoms with Crippen molar-refractivity contribution in [1.29, 1.82) is 0 Å². The molecule has 0 radical (unpaired) electrons. The fraction of sp³-hybridized carbons (Fsp3) is 0.625. The molecule has 0 unspecified atom stereocenters. The smallest absolute Gasteiger partial charge is 0.228 e. The SMILES string of the molecule is COCC1(C(=O)NCc2cccnc2N(C)C)CCNCC1. The average molecular weight is 306 g/mol. The molecule has 2 N–H and O–H groups in total. The molecule has 122 valence electrons. The first kappa shape index (κ1) is 16.7. The van der Waals surface area contributed by atoms with Gasteiger partial charge in [-0.1, -0.05) is 6.07 Å². The number of anilines is 1.